The molecule has 1 aromatic heterocycles. The van der Waals surface area contributed by atoms with Crippen LogP contribution in [-0.2, 0) is 11.8 Å². The van der Waals surface area contributed by atoms with Gasteiger partial charge in [0, 0.05) is 16.2 Å². The molecule has 3 rings (SSSR count). The van der Waals surface area contributed by atoms with Crippen molar-refractivity contribution in [3.8, 4) is 5.75 Å². The highest BCUT2D eigenvalue weighted by Gasteiger charge is 2.21. The first-order chi connectivity index (χ1) is 9.45. The minimum atomic E-state index is -0.540. The molecule has 2 nitrogen and oxygen atoms in total. The Hall–Kier alpha value is -1.32. The van der Waals surface area contributed by atoms with Gasteiger partial charge in [-0.25, -0.2) is 0 Å². The van der Waals surface area contributed by atoms with Gasteiger partial charge < -0.3 is 9.84 Å². The molecule has 0 saturated carbocycles. The summed E-state index contributed by atoms with van der Waals surface area (Å²) in [5.41, 5.74) is 2.29. The van der Waals surface area contributed by atoms with Crippen molar-refractivity contribution >= 4 is 11.3 Å². The molecule has 1 atom stereocenters. The van der Waals surface area contributed by atoms with E-state index in [4.69, 9.17) is 4.74 Å². The molecule has 0 amide bonds. The van der Waals surface area contributed by atoms with Crippen LogP contribution in [0.15, 0.2) is 30.3 Å². The van der Waals surface area contributed by atoms with E-state index in [9.17, 15) is 5.11 Å². The molecule has 2 heterocycles. The lowest BCUT2D eigenvalue weighted by atomic mass is 9.95. The number of hydrogen-bond acceptors (Lipinski definition) is 3. The van der Waals surface area contributed by atoms with Crippen molar-refractivity contribution in [2.75, 3.05) is 6.61 Å². The molecule has 20 heavy (non-hydrogen) atoms. The van der Waals surface area contributed by atoms with E-state index in [-0.39, 0.29) is 5.41 Å². The first kappa shape index (κ1) is 13.7. The smallest absolute Gasteiger partial charge is 0.122 e. The van der Waals surface area contributed by atoms with Crippen molar-refractivity contribution in [3.05, 3.63) is 51.2 Å². The molecule has 0 radical (unpaired) electrons. The first-order valence-electron chi connectivity index (χ1n) is 6.99. The Kier molecular flexibility index (Phi) is 3.35. The molecule has 106 valence electrons. The van der Waals surface area contributed by atoms with Gasteiger partial charge in [-0.3, -0.25) is 0 Å². The second kappa shape index (κ2) is 4.90. The fraction of sp³-hybridized carbons (Fsp3) is 0.412. The topological polar surface area (TPSA) is 29.5 Å². The van der Waals surface area contributed by atoms with E-state index in [0.29, 0.717) is 0 Å². The fourth-order valence-electron chi connectivity index (χ4n) is 2.44. The summed E-state index contributed by atoms with van der Waals surface area (Å²) < 4.78 is 5.51. The van der Waals surface area contributed by atoms with Gasteiger partial charge in [-0.2, -0.15) is 0 Å². The third-order valence-corrected chi connectivity index (χ3v) is 5.23. The van der Waals surface area contributed by atoms with Crippen LogP contribution in [0.4, 0.5) is 0 Å². The van der Waals surface area contributed by atoms with Crippen LogP contribution in [0.5, 0.6) is 5.75 Å². The number of benzene rings is 1. The molecule has 0 fully saturated rings. The summed E-state index contributed by atoms with van der Waals surface area (Å²) in [4.78, 5) is 2.31. The Balaban J connectivity index is 1.89. The second-order valence-corrected chi connectivity index (χ2v) is 7.44. The van der Waals surface area contributed by atoms with E-state index in [0.717, 1.165) is 29.2 Å². The Bertz CT molecular complexity index is 622. The average molecular weight is 288 g/mol. The maximum Gasteiger partial charge on any atom is 0.122 e. The summed E-state index contributed by atoms with van der Waals surface area (Å²) in [6.07, 6.45) is 0.398. The lowest BCUT2D eigenvalue weighted by Crippen LogP contribution is -2.07. The Labute approximate surface area is 124 Å². The van der Waals surface area contributed by atoms with Gasteiger partial charge in [-0.05, 0) is 40.8 Å². The Morgan fingerprint density at radius 2 is 2.00 bits per heavy atom. The molecule has 1 N–H and O–H groups in total. The highest BCUT2D eigenvalue weighted by Crippen LogP contribution is 2.36. The zero-order valence-corrected chi connectivity index (χ0v) is 13.0. The van der Waals surface area contributed by atoms with Crippen LogP contribution in [-0.4, -0.2) is 11.7 Å². The molecule has 0 saturated heterocycles. The molecule has 1 aromatic carbocycles. The summed E-state index contributed by atoms with van der Waals surface area (Å²) in [5, 5.41) is 10.6. The number of thiophene rings is 1. The molecule has 3 heteroatoms. The standard InChI is InChI=1S/C17H20O2S/c1-17(2,3)15-7-6-14(20-15)16(18)12-4-5-13-11(10-12)8-9-19-13/h4-7,10,16,18H,8-9H2,1-3H3. The zero-order chi connectivity index (χ0) is 14.3. The van der Waals surface area contributed by atoms with Crippen LogP contribution < -0.4 is 4.74 Å². The second-order valence-electron chi connectivity index (χ2n) is 6.32. The van der Waals surface area contributed by atoms with Gasteiger partial charge in [0.2, 0.25) is 0 Å². The van der Waals surface area contributed by atoms with E-state index in [2.05, 4.69) is 32.9 Å². The lowest BCUT2D eigenvalue weighted by Gasteiger charge is -2.16. The van der Waals surface area contributed by atoms with E-state index < -0.39 is 6.10 Å². The molecule has 1 aliphatic heterocycles. The van der Waals surface area contributed by atoms with Crippen LogP contribution in [0.25, 0.3) is 0 Å². The maximum absolute atomic E-state index is 10.6. The van der Waals surface area contributed by atoms with Gasteiger partial charge in [0.15, 0.2) is 0 Å². The molecule has 0 spiro atoms. The van der Waals surface area contributed by atoms with E-state index in [1.165, 1.54) is 10.4 Å². The lowest BCUT2D eigenvalue weighted by molar-refractivity contribution is 0.224. The van der Waals surface area contributed by atoms with Crippen molar-refractivity contribution in [1.82, 2.24) is 0 Å². The Morgan fingerprint density at radius 3 is 2.70 bits per heavy atom. The summed E-state index contributed by atoms with van der Waals surface area (Å²) in [7, 11) is 0. The summed E-state index contributed by atoms with van der Waals surface area (Å²) in [6.45, 7) is 7.34. The van der Waals surface area contributed by atoms with Crippen LogP contribution in [0.2, 0.25) is 0 Å². The number of aliphatic hydroxyl groups excluding tert-OH is 1. The maximum atomic E-state index is 10.6. The predicted octanol–water partition coefficient (Wildman–Crippen LogP) is 4.06. The molecule has 1 aliphatic rings. The predicted molar refractivity (Wildman–Crippen MR) is 82.7 cm³/mol. The quantitative estimate of drug-likeness (QED) is 0.903. The van der Waals surface area contributed by atoms with E-state index in [1.807, 2.05) is 18.2 Å². The van der Waals surface area contributed by atoms with E-state index >= 15 is 0 Å². The van der Waals surface area contributed by atoms with Gasteiger partial charge in [0.25, 0.3) is 0 Å². The van der Waals surface area contributed by atoms with Gasteiger partial charge in [0.1, 0.15) is 11.9 Å². The number of fused-ring (bicyclic) bond motifs is 1. The first-order valence-corrected chi connectivity index (χ1v) is 7.81. The molecule has 2 aromatic rings. The minimum absolute atomic E-state index is 0.133. The molecular formula is C17H20O2S. The molecule has 0 aliphatic carbocycles. The van der Waals surface area contributed by atoms with Crippen molar-refractivity contribution in [2.24, 2.45) is 0 Å². The molecule has 1 unspecified atom stereocenters. The average Bonchev–Trinajstić information content (AvgIpc) is 3.05. The monoisotopic (exact) mass is 288 g/mol. The minimum Gasteiger partial charge on any atom is -0.493 e. The number of ether oxygens (including phenoxy) is 1. The fourth-order valence-corrected chi connectivity index (χ4v) is 3.52. The largest absolute Gasteiger partial charge is 0.493 e. The van der Waals surface area contributed by atoms with Gasteiger partial charge >= 0.3 is 0 Å². The van der Waals surface area contributed by atoms with Crippen LogP contribution in [0.1, 0.15) is 47.8 Å². The zero-order valence-electron chi connectivity index (χ0n) is 12.1. The SMILES string of the molecule is CC(C)(C)c1ccc(C(O)c2ccc3c(c2)CCO3)s1. The summed E-state index contributed by atoms with van der Waals surface area (Å²) in [5.74, 6) is 0.961. The highest BCUT2D eigenvalue weighted by molar-refractivity contribution is 7.12. The van der Waals surface area contributed by atoms with E-state index in [1.54, 1.807) is 11.3 Å². The van der Waals surface area contributed by atoms with Gasteiger partial charge in [-0.1, -0.05) is 26.8 Å². The summed E-state index contributed by atoms with van der Waals surface area (Å²) in [6, 6.07) is 10.2. The van der Waals surface area contributed by atoms with Crippen molar-refractivity contribution < 1.29 is 9.84 Å². The molecule has 0 bridgehead atoms. The third kappa shape index (κ3) is 2.48. The van der Waals surface area contributed by atoms with Gasteiger partial charge in [0.05, 0.1) is 6.61 Å². The molecular weight excluding hydrogens is 268 g/mol. The van der Waals surface area contributed by atoms with Gasteiger partial charge in [-0.15, -0.1) is 11.3 Å². The number of aliphatic hydroxyl groups is 1. The van der Waals surface area contributed by atoms with Crippen LogP contribution in [0, 0.1) is 0 Å². The number of hydrogen-bond donors (Lipinski definition) is 1. The van der Waals surface area contributed by atoms with Crippen molar-refractivity contribution in [3.63, 3.8) is 0 Å². The van der Waals surface area contributed by atoms with Crippen LogP contribution >= 0.6 is 11.3 Å². The summed E-state index contributed by atoms with van der Waals surface area (Å²) >= 11 is 1.69. The highest BCUT2D eigenvalue weighted by atomic mass is 32.1. The normalized spacial score (nSPS) is 15.8. The van der Waals surface area contributed by atoms with Crippen molar-refractivity contribution in [1.29, 1.82) is 0 Å². The number of rotatable bonds is 2. The van der Waals surface area contributed by atoms with Crippen LogP contribution in [0.3, 0.4) is 0 Å². The third-order valence-electron chi connectivity index (χ3n) is 3.66. The Morgan fingerprint density at radius 1 is 1.20 bits per heavy atom. The van der Waals surface area contributed by atoms with Crippen molar-refractivity contribution in [2.45, 2.75) is 38.7 Å².